The maximum atomic E-state index is 14.3. The summed E-state index contributed by atoms with van der Waals surface area (Å²) in [5.41, 5.74) is 1.94. The molecule has 1 aromatic heterocycles. The molecule has 0 radical (unpaired) electrons. The van der Waals surface area contributed by atoms with Gasteiger partial charge in [-0.15, -0.1) is 0 Å². The molecule has 3 aromatic rings. The number of nitrogens with one attached hydrogen (secondary N) is 2. The van der Waals surface area contributed by atoms with Crippen molar-refractivity contribution in [3.63, 3.8) is 0 Å². The van der Waals surface area contributed by atoms with E-state index >= 15 is 0 Å². The molecule has 2 atom stereocenters. The van der Waals surface area contributed by atoms with Gasteiger partial charge in [0.2, 0.25) is 11.8 Å². The lowest BCUT2D eigenvalue weighted by Crippen LogP contribution is -2.40. The Kier molecular flexibility index (Phi) is 8.97. The number of ether oxygens (including phenoxy) is 2. The van der Waals surface area contributed by atoms with Crippen molar-refractivity contribution in [3.8, 4) is 11.6 Å². The minimum Gasteiger partial charge on any atom is -0.481 e. The Bertz CT molecular complexity index is 1160. The van der Waals surface area contributed by atoms with Crippen molar-refractivity contribution in [2.24, 2.45) is 0 Å². The average Bonchev–Trinajstić information content (AvgIpc) is 3.28. The number of rotatable bonds is 11. The summed E-state index contributed by atoms with van der Waals surface area (Å²) < 4.78 is 26.0. The molecule has 0 aliphatic carbocycles. The Morgan fingerprint density at radius 3 is 2.46 bits per heavy atom. The van der Waals surface area contributed by atoms with Crippen LogP contribution in [-0.2, 0) is 9.53 Å². The molecular weight excluding hydrogens is 451 g/mol. The highest BCUT2D eigenvalue weighted by atomic mass is 19.1. The van der Waals surface area contributed by atoms with Crippen LogP contribution in [0.4, 0.5) is 4.39 Å². The van der Waals surface area contributed by atoms with E-state index in [1.807, 2.05) is 38.1 Å². The third kappa shape index (κ3) is 6.45. The average molecular weight is 483 g/mol. The van der Waals surface area contributed by atoms with Crippen molar-refractivity contribution in [2.75, 3.05) is 20.8 Å². The molecule has 0 spiro atoms. The summed E-state index contributed by atoms with van der Waals surface area (Å²) in [6.45, 7) is 4.28. The summed E-state index contributed by atoms with van der Waals surface area (Å²) in [6, 6.07) is 14.3. The van der Waals surface area contributed by atoms with Gasteiger partial charge in [-0.2, -0.15) is 9.78 Å². The second-order valence-electron chi connectivity index (χ2n) is 8.15. The van der Waals surface area contributed by atoms with Crippen LogP contribution in [0, 0.1) is 12.7 Å². The molecule has 0 fully saturated rings. The first kappa shape index (κ1) is 25.9. The van der Waals surface area contributed by atoms with Crippen molar-refractivity contribution >= 4 is 11.8 Å². The van der Waals surface area contributed by atoms with Crippen LogP contribution in [0.15, 0.2) is 54.6 Å². The normalized spacial score (nSPS) is 12.6. The zero-order valence-electron chi connectivity index (χ0n) is 20.4. The number of para-hydroxylation sites is 1. The number of carbonyl (C=O) groups is 2. The maximum Gasteiger partial charge on any atom is 0.272 e. The van der Waals surface area contributed by atoms with E-state index in [-0.39, 0.29) is 35.6 Å². The summed E-state index contributed by atoms with van der Waals surface area (Å²) >= 11 is 0. The van der Waals surface area contributed by atoms with Crippen LogP contribution < -0.4 is 15.4 Å². The fraction of sp³-hybridized carbons (Fsp3) is 0.346. The lowest BCUT2D eigenvalue weighted by atomic mass is 9.98. The summed E-state index contributed by atoms with van der Waals surface area (Å²) in [5, 5.41) is 10.1. The van der Waals surface area contributed by atoms with E-state index in [4.69, 9.17) is 9.47 Å². The maximum absolute atomic E-state index is 14.3. The molecule has 2 N–H and O–H groups in total. The lowest BCUT2D eigenvalue weighted by molar-refractivity contribution is -0.122. The molecule has 1 heterocycles. The van der Waals surface area contributed by atoms with Gasteiger partial charge in [-0.3, -0.25) is 9.59 Å². The third-order valence-electron chi connectivity index (χ3n) is 5.68. The topological polar surface area (TPSA) is 94.5 Å². The number of hydrogen-bond donors (Lipinski definition) is 2. The van der Waals surface area contributed by atoms with Crippen LogP contribution in [0.25, 0.3) is 5.69 Å². The largest absolute Gasteiger partial charge is 0.481 e. The Hall–Kier alpha value is -3.72. The second kappa shape index (κ2) is 12.1. The minimum atomic E-state index is -0.603. The van der Waals surface area contributed by atoms with Crippen LogP contribution in [0.3, 0.4) is 0 Å². The number of aromatic nitrogens is 2. The lowest BCUT2D eigenvalue weighted by Gasteiger charge is -2.22. The van der Waals surface area contributed by atoms with Crippen LogP contribution in [-0.4, -0.2) is 48.5 Å². The van der Waals surface area contributed by atoms with Gasteiger partial charge in [-0.05, 0) is 36.6 Å². The molecule has 8 nitrogen and oxygen atoms in total. The molecule has 0 bridgehead atoms. The highest BCUT2D eigenvalue weighted by Crippen LogP contribution is 2.24. The number of carbonyl (C=O) groups excluding carboxylic acids is 2. The number of benzene rings is 2. The molecule has 0 aliphatic rings. The molecule has 0 saturated carbocycles. The van der Waals surface area contributed by atoms with Gasteiger partial charge in [0.05, 0.1) is 32.2 Å². The number of halogens is 1. The highest BCUT2D eigenvalue weighted by molar-refractivity contribution is 5.93. The summed E-state index contributed by atoms with van der Waals surface area (Å²) in [6.07, 6.45) is 0.746. The predicted octanol–water partition coefficient (Wildman–Crippen LogP) is 3.73. The Morgan fingerprint density at radius 2 is 1.80 bits per heavy atom. The Balaban J connectivity index is 1.86. The molecule has 2 aromatic carbocycles. The highest BCUT2D eigenvalue weighted by Gasteiger charge is 2.24. The number of hydrogen-bond acceptors (Lipinski definition) is 5. The predicted molar refractivity (Wildman–Crippen MR) is 130 cm³/mol. The van der Waals surface area contributed by atoms with E-state index in [2.05, 4.69) is 15.7 Å². The van der Waals surface area contributed by atoms with Crippen molar-refractivity contribution in [3.05, 3.63) is 77.2 Å². The van der Waals surface area contributed by atoms with Gasteiger partial charge >= 0.3 is 0 Å². The van der Waals surface area contributed by atoms with Crippen molar-refractivity contribution in [1.29, 1.82) is 0 Å². The van der Waals surface area contributed by atoms with Gasteiger partial charge in [0.1, 0.15) is 11.5 Å². The second-order valence-corrected chi connectivity index (χ2v) is 8.15. The quantitative estimate of drug-likeness (QED) is 0.434. The monoisotopic (exact) mass is 482 g/mol. The van der Waals surface area contributed by atoms with Crippen LogP contribution in [0.5, 0.6) is 5.88 Å². The van der Waals surface area contributed by atoms with E-state index < -0.39 is 17.8 Å². The molecule has 186 valence electrons. The third-order valence-corrected chi connectivity index (χ3v) is 5.68. The standard InChI is InChI=1S/C26H31FN4O4/c1-5-18(16-34-3)28-24(32)14-21(19-11-7-6-10-17(19)2)29-26(33)22-15-25(35-4)31(30-22)23-13-9-8-12-20(23)27/h6-13,15,18,21H,5,14,16H2,1-4H3,(H,28,32)(H,29,33)/t18?,21-/m0/s1. The van der Waals surface area contributed by atoms with Crippen LogP contribution >= 0.6 is 0 Å². The molecule has 1 unspecified atom stereocenters. The number of amides is 2. The van der Waals surface area contributed by atoms with Gasteiger partial charge in [0, 0.05) is 13.2 Å². The summed E-state index contributed by atoms with van der Waals surface area (Å²) in [5.74, 6) is -1.02. The first-order chi connectivity index (χ1) is 16.9. The minimum absolute atomic E-state index is 0.0297. The summed E-state index contributed by atoms with van der Waals surface area (Å²) in [4.78, 5) is 26.0. The SMILES string of the molecule is CCC(COC)NC(=O)C[C@H](NC(=O)c1cc(OC)n(-c2ccccc2F)n1)c1ccccc1C. The number of methoxy groups -OCH3 is 2. The van der Waals surface area contributed by atoms with Gasteiger partial charge in [0.15, 0.2) is 5.69 Å². The fourth-order valence-electron chi connectivity index (χ4n) is 3.80. The number of nitrogens with zero attached hydrogens (tertiary/aromatic N) is 2. The van der Waals surface area contributed by atoms with E-state index in [9.17, 15) is 14.0 Å². The van der Waals surface area contributed by atoms with E-state index in [0.29, 0.717) is 13.0 Å². The van der Waals surface area contributed by atoms with Crippen molar-refractivity contribution < 1.29 is 23.5 Å². The zero-order chi connectivity index (χ0) is 25.4. The molecule has 0 saturated heterocycles. The molecule has 0 aliphatic heterocycles. The van der Waals surface area contributed by atoms with E-state index in [0.717, 1.165) is 11.1 Å². The first-order valence-electron chi connectivity index (χ1n) is 11.4. The molecule has 3 rings (SSSR count). The van der Waals surface area contributed by atoms with E-state index in [1.54, 1.807) is 19.2 Å². The van der Waals surface area contributed by atoms with Crippen molar-refractivity contribution in [2.45, 2.75) is 38.8 Å². The van der Waals surface area contributed by atoms with Crippen LogP contribution in [0.2, 0.25) is 0 Å². The number of aryl methyl sites for hydroxylation is 1. The van der Waals surface area contributed by atoms with Gasteiger partial charge < -0.3 is 20.1 Å². The van der Waals surface area contributed by atoms with Gasteiger partial charge in [-0.1, -0.05) is 43.3 Å². The van der Waals surface area contributed by atoms with Crippen LogP contribution in [0.1, 0.15) is 47.4 Å². The Labute approximate surface area is 204 Å². The van der Waals surface area contributed by atoms with Crippen molar-refractivity contribution in [1.82, 2.24) is 20.4 Å². The summed E-state index contributed by atoms with van der Waals surface area (Å²) in [7, 11) is 3.00. The van der Waals surface area contributed by atoms with Gasteiger partial charge in [0.25, 0.3) is 5.91 Å². The Morgan fingerprint density at radius 1 is 1.09 bits per heavy atom. The molecule has 9 heteroatoms. The fourth-order valence-corrected chi connectivity index (χ4v) is 3.80. The molecule has 35 heavy (non-hydrogen) atoms. The molecular formula is C26H31FN4O4. The smallest absolute Gasteiger partial charge is 0.272 e. The zero-order valence-corrected chi connectivity index (χ0v) is 20.4. The molecule has 2 amide bonds. The van der Waals surface area contributed by atoms with Gasteiger partial charge in [-0.25, -0.2) is 4.39 Å². The van der Waals surface area contributed by atoms with E-state index in [1.165, 1.54) is 30.0 Å². The first-order valence-corrected chi connectivity index (χ1v) is 11.4.